The van der Waals surface area contributed by atoms with Crippen molar-refractivity contribution in [2.75, 3.05) is 13.7 Å². The second kappa shape index (κ2) is 7.93. The van der Waals surface area contributed by atoms with Gasteiger partial charge in [-0.1, -0.05) is 18.2 Å². The van der Waals surface area contributed by atoms with E-state index in [0.29, 0.717) is 17.9 Å². The summed E-state index contributed by atoms with van der Waals surface area (Å²) in [6.45, 7) is 0.0937. The number of benzene rings is 2. The number of rotatable bonds is 6. The molecular formula is C17H16FNO4. The summed E-state index contributed by atoms with van der Waals surface area (Å²) in [5.74, 6) is -0.869. The largest absolute Gasteiger partial charge is 0.484 e. The van der Waals surface area contributed by atoms with Gasteiger partial charge in [0.2, 0.25) is 0 Å². The summed E-state index contributed by atoms with van der Waals surface area (Å²) in [6.07, 6.45) is 0. The van der Waals surface area contributed by atoms with Gasteiger partial charge in [-0.25, -0.2) is 9.18 Å². The van der Waals surface area contributed by atoms with Crippen LogP contribution in [0.5, 0.6) is 5.75 Å². The molecule has 0 saturated heterocycles. The van der Waals surface area contributed by atoms with Gasteiger partial charge in [-0.05, 0) is 29.8 Å². The summed E-state index contributed by atoms with van der Waals surface area (Å²) in [5.41, 5.74) is 1.27. The summed E-state index contributed by atoms with van der Waals surface area (Å²) < 4.78 is 22.8. The molecule has 1 amide bonds. The van der Waals surface area contributed by atoms with Crippen molar-refractivity contribution in [2.24, 2.45) is 0 Å². The zero-order valence-corrected chi connectivity index (χ0v) is 12.5. The Hall–Kier alpha value is -2.89. The second-order valence-corrected chi connectivity index (χ2v) is 4.71. The predicted molar refractivity (Wildman–Crippen MR) is 81.5 cm³/mol. The fraction of sp³-hybridized carbons (Fsp3) is 0.176. The van der Waals surface area contributed by atoms with Gasteiger partial charge in [0.05, 0.1) is 12.7 Å². The minimum atomic E-state index is -0.423. The Morgan fingerprint density at radius 2 is 1.87 bits per heavy atom. The van der Waals surface area contributed by atoms with Crippen LogP contribution in [-0.2, 0) is 16.1 Å². The van der Waals surface area contributed by atoms with Crippen molar-refractivity contribution >= 4 is 11.9 Å². The summed E-state index contributed by atoms with van der Waals surface area (Å²) in [6, 6.07) is 12.3. The molecule has 0 aliphatic carbocycles. The number of esters is 1. The highest BCUT2D eigenvalue weighted by atomic mass is 19.1. The molecular weight excluding hydrogens is 301 g/mol. The van der Waals surface area contributed by atoms with Crippen LogP contribution in [0.1, 0.15) is 15.9 Å². The van der Waals surface area contributed by atoms with Crippen molar-refractivity contribution in [3.8, 4) is 5.75 Å². The fourth-order valence-electron chi connectivity index (χ4n) is 1.83. The van der Waals surface area contributed by atoms with E-state index < -0.39 is 11.8 Å². The Labute approximate surface area is 133 Å². The molecule has 0 saturated carbocycles. The van der Waals surface area contributed by atoms with Gasteiger partial charge in [0.1, 0.15) is 11.6 Å². The molecule has 23 heavy (non-hydrogen) atoms. The van der Waals surface area contributed by atoms with Crippen LogP contribution in [0.15, 0.2) is 48.5 Å². The minimum absolute atomic E-state index is 0.205. The number of hydrogen-bond acceptors (Lipinski definition) is 4. The first-order chi connectivity index (χ1) is 11.1. The van der Waals surface area contributed by atoms with E-state index >= 15 is 0 Å². The number of methoxy groups -OCH3 is 1. The Balaban J connectivity index is 1.79. The zero-order valence-electron chi connectivity index (χ0n) is 12.5. The van der Waals surface area contributed by atoms with E-state index in [1.165, 1.54) is 25.3 Å². The van der Waals surface area contributed by atoms with E-state index in [2.05, 4.69) is 10.1 Å². The molecule has 120 valence electrons. The zero-order chi connectivity index (χ0) is 16.7. The highest BCUT2D eigenvalue weighted by Gasteiger charge is 2.06. The van der Waals surface area contributed by atoms with E-state index in [-0.39, 0.29) is 12.5 Å². The van der Waals surface area contributed by atoms with Crippen molar-refractivity contribution < 1.29 is 23.5 Å². The molecule has 0 fully saturated rings. The number of carbonyl (C=O) groups is 2. The highest BCUT2D eigenvalue weighted by Crippen LogP contribution is 2.11. The molecule has 5 nitrogen and oxygen atoms in total. The van der Waals surface area contributed by atoms with Gasteiger partial charge in [0, 0.05) is 12.6 Å². The minimum Gasteiger partial charge on any atom is -0.484 e. The lowest BCUT2D eigenvalue weighted by Crippen LogP contribution is -2.28. The first-order valence-corrected chi connectivity index (χ1v) is 6.91. The molecule has 2 aromatic carbocycles. The van der Waals surface area contributed by atoms with Crippen LogP contribution in [0, 0.1) is 5.82 Å². The smallest absolute Gasteiger partial charge is 0.337 e. The van der Waals surface area contributed by atoms with Crippen LogP contribution in [0.25, 0.3) is 0 Å². The first kappa shape index (κ1) is 16.5. The third-order valence-corrected chi connectivity index (χ3v) is 3.03. The van der Waals surface area contributed by atoms with E-state index in [9.17, 15) is 14.0 Å². The van der Waals surface area contributed by atoms with Crippen molar-refractivity contribution in [3.05, 3.63) is 65.5 Å². The molecule has 1 N–H and O–H groups in total. The van der Waals surface area contributed by atoms with Crippen molar-refractivity contribution in [1.82, 2.24) is 5.32 Å². The predicted octanol–water partition coefficient (Wildman–Crippen LogP) is 2.31. The molecule has 2 aromatic rings. The fourth-order valence-corrected chi connectivity index (χ4v) is 1.83. The molecule has 0 aliphatic rings. The van der Waals surface area contributed by atoms with E-state index in [1.54, 1.807) is 30.3 Å². The van der Waals surface area contributed by atoms with Crippen LogP contribution in [0.3, 0.4) is 0 Å². The van der Waals surface area contributed by atoms with E-state index in [4.69, 9.17) is 4.74 Å². The number of carbonyl (C=O) groups excluding carboxylic acids is 2. The Morgan fingerprint density at radius 3 is 2.52 bits per heavy atom. The number of amides is 1. The molecule has 0 atom stereocenters. The number of hydrogen-bond donors (Lipinski definition) is 1. The standard InChI is InChI=1S/C17H16FNO4/c1-22-17(21)13-7-5-12(6-8-13)10-19-16(20)11-23-15-4-2-3-14(18)9-15/h2-9H,10-11H2,1H3,(H,19,20). The highest BCUT2D eigenvalue weighted by molar-refractivity contribution is 5.89. The Kier molecular flexibility index (Phi) is 5.68. The van der Waals surface area contributed by atoms with Crippen LogP contribution in [0.4, 0.5) is 4.39 Å². The van der Waals surface area contributed by atoms with Gasteiger partial charge in [0.15, 0.2) is 6.61 Å². The maximum absolute atomic E-state index is 13.0. The Bertz CT molecular complexity index is 685. The molecule has 0 aromatic heterocycles. The average molecular weight is 317 g/mol. The van der Waals surface area contributed by atoms with Gasteiger partial charge < -0.3 is 14.8 Å². The van der Waals surface area contributed by atoms with Crippen LogP contribution < -0.4 is 10.1 Å². The summed E-state index contributed by atoms with van der Waals surface area (Å²) >= 11 is 0. The number of halogens is 1. The van der Waals surface area contributed by atoms with Gasteiger partial charge >= 0.3 is 5.97 Å². The summed E-state index contributed by atoms with van der Waals surface area (Å²) in [7, 11) is 1.31. The summed E-state index contributed by atoms with van der Waals surface area (Å²) in [4.78, 5) is 23.0. The molecule has 0 unspecified atom stereocenters. The molecule has 0 spiro atoms. The SMILES string of the molecule is COC(=O)c1ccc(CNC(=O)COc2cccc(F)c2)cc1. The second-order valence-electron chi connectivity index (χ2n) is 4.71. The number of nitrogens with one attached hydrogen (secondary N) is 1. The molecule has 6 heteroatoms. The lowest BCUT2D eigenvalue weighted by atomic mass is 10.1. The maximum Gasteiger partial charge on any atom is 0.337 e. The molecule has 2 rings (SSSR count). The topological polar surface area (TPSA) is 64.6 Å². The van der Waals surface area contributed by atoms with Gasteiger partial charge in [0.25, 0.3) is 5.91 Å². The van der Waals surface area contributed by atoms with Crippen molar-refractivity contribution in [2.45, 2.75) is 6.54 Å². The van der Waals surface area contributed by atoms with Gasteiger partial charge in [-0.15, -0.1) is 0 Å². The van der Waals surface area contributed by atoms with E-state index in [0.717, 1.165) is 5.56 Å². The first-order valence-electron chi connectivity index (χ1n) is 6.91. The van der Waals surface area contributed by atoms with Crippen molar-refractivity contribution in [1.29, 1.82) is 0 Å². The van der Waals surface area contributed by atoms with Crippen LogP contribution in [0.2, 0.25) is 0 Å². The van der Waals surface area contributed by atoms with Gasteiger partial charge in [-0.3, -0.25) is 4.79 Å². The normalized spacial score (nSPS) is 10.0. The molecule has 0 aliphatic heterocycles. The monoisotopic (exact) mass is 317 g/mol. The van der Waals surface area contributed by atoms with Crippen LogP contribution >= 0.6 is 0 Å². The van der Waals surface area contributed by atoms with E-state index in [1.807, 2.05) is 0 Å². The Morgan fingerprint density at radius 1 is 1.13 bits per heavy atom. The average Bonchev–Trinajstić information content (AvgIpc) is 2.58. The molecule has 0 radical (unpaired) electrons. The van der Waals surface area contributed by atoms with Crippen molar-refractivity contribution in [3.63, 3.8) is 0 Å². The molecule has 0 heterocycles. The van der Waals surface area contributed by atoms with Gasteiger partial charge in [-0.2, -0.15) is 0 Å². The third-order valence-electron chi connectivity index (χ3n) is 3.03. The lowest BCUT2D eigenvalue weighted by molar-refractivity contribution is -0.123. The quantitative estimate of drug-likeness (QED) is 0.830. The lowest BCUT2D eigenvalue weighted by Gasteiger charge is -2.08. The third kappa shape index (κ3) is 5.10. The number of ether oxygens (including phenoxy) is 2. The molecule has 0 bridgehead atoms. The maximum atomic E-state index is 13.0. The van der Waals surface area contributed by atoms with Crippen LogP contribution in [-0.4, -0.2) is 25.6 Å². The summed E-state index contributed by atoms with van der Waals surface area (Å²) in [5, 5.41) is 2.67.